The standard InChI is InChI=1S/C11H16N2O2/c1-3-4-7-15-11-6-5-10(8-12-11)13-9(2)14/h5-6,8H,3-4,7H2,1-2H3,(H,13,14). The Balaban J connectivity index is 2.45. The third-order valence-electron chi connectivity index (χ3n) is 1.80. The lowest BCUT2D eigenvalue weighted by molar-refractivity contribution is -0.114. The van der Waals surface area contributed by atoms with E-state index in [9.17, 15) is 4.79 Å². The van der Waals surface area contributed by atoms with Crippen LogP contribution in [0.25, 0.3) is 0 Å². The van der Waals surface area contributed by atoms with Gasteiger partial charge in [-0.1, -0.05) is 13.3 Å². The van der Waals surface area contributed by atoms with Crippen LogP contribution in [0.5, 0.6) is 5.88 Å². The molecule has 1 N–H and O–H groups in total. The minimum Gasteiger partial charge on any atom is -0.478 e. The summed E-state index contributed by atoms with van der Waals surface area (Å²) in [6, 6.07) is 3.52. The Labute approximate surface area is 89.7 Å². The highest BCUT2D eigenvalue weighted by molar-refractivity contribution is 5.88. The number of hydrogen-bond acceptors (Lipinski definition) is 3. The maximum absolute atomic E-state index is 10.7. The number of rotatable bonds is 5. The number of unbranched alkanes of at least 4 members (excludes halogenated alkanes) is 1. The monoisotopic (exact) mass is 208 g/mol. The number of carbonyl (C=O) groups excluding carboxylic acids is 1. The van der Waals surface area contributed by atoms with Crippen molar-refractivity contribution in [2.24, 2.45) is 0 Å². The fraction of sp³-hybridized carbons (Fsp3) is 0.455. The van der Waals surface area contributed by atoms with E-state index in [2.05, 4.69) is 17.2 Å². The third-order valence-corrected chi connectivity index (χ3v) is 1.80. The molecular formula is C11H16N2O2. The first kappa shape index (κ1) is 11.5. The zero-order chi connectivity index (χ0) is 11.1. The van der Waals surface area contributed by atoms with E-state index in [1.807, 2.05) is 0 Å². The Morgan fingerprint density at radius 1 is 1.53 bits per heavy atom. The Hall–Kier alpha value is -1.58. The first-order valence-corrected chi connectivity index (χ1v) is 5.09. The van der Waals surface area contributed by atoms with Crippen molar-refractivity contribution >= 4 is 11.6 Å². The van der Waals surface area contributed by atoms with Crippen molar-refractivity contribution in [1.29, 1.82) is 0 Å². The zero-order valence-corrected chi connectivity index (χ0v) is 9.12. The van der Waals surface area contributed by atoms with Crippen LogP contribution in [0.1, 0.15) is 26.7 Å². The van der Waals surface area contributed by atoms with E-state index in [1.54, 1.807) is 18.3 Å². The van der Waals surface area contributed by atoms with Crippen LogP contribution in [0.4, 0.5) is 5.69 Å². The van der Waals surface area contributed by atoms with Crippen LogP contribution in [0.15, 0.2) is 18.3 Å². The van der Waals surface area contributed by atoms with Crippen LogP contribution in [0.2, 0.25) is 0 Å². The lowest BCUT2D eigenvalue weighted by Crippen LogP contribution is -2.06. The van der Waals surface area contributed by atoms with Crippen LogP contribution in [-0.4, -0.2) is 17.5 Å². The number of aromatic nitrogens is 1. The van der Waals surface area contributed by atoms with Gasteiger partial charge in [0.1, 0.15) is 0 Å². The van der Waals surface area contributed by atoms with Crippen molar-refractivity contribution < 1.29 is 9.53 Å². The molecule has 1 heterocycles. The molecule has 1 aromatic heterocycles. The van der Waals surface area contributed by atoms with Crippen LogP contribution < -0.4 is 10.1 Å². The second kappa shape index (κ2) is 6.01. The van der Waals surface area contributed by atoms with Crippen molar-refractivity contribution in [1.82, 2.24) is 4.98 Å². The lowest BCUT2D eigenvalue weighted by Gasteiger charge is -2.05. The fourth-order valence-corrected chi connectivity index (χ4v) is 1.06. The minimum atomic E-state index is -0.101. The summed E-state index contributed by atoms with van der Waals surface area (Å²) in [5.74, 6) is 0.494. The summed E-state index contributed by atoms with van der Waals surface area (Å²) in [7, 11) is 0. The van der Waals surface area contributed by atoms with E-state index in [0.29, 0.717) is 18.2 Å². The Morgan fingerprint density at radius 3 is 2.87 bits per heavy atom. The molecule has 1 rings (SSSR count). The number of nitrogens with one attached hydrogen (secondary N) is 1. The number of ether oxygens (including phenoxy) is 1. The van der Waals surface area contributed by atoms with E-state index in [1.165, 1.54) is 6.92 Å². The molecule has 0 aromatic carbocycles. The van der Waals surface area contributed by atoms with Crippen LogP contribution in [0.3, 0.4) is 0 Å². The Kier molecular flexibility index (Phi) is 4.60. The van der Waals surface area contributed by atoms with E-state index >= 15 is 0 Å². The maximum Gasteiger partial charge on any atom is 0.221 e. The van der Waals surface area contributed by atoms with Gasteiger partial charge in [-0.25, -0.2) is 4.98 Å². The van der Waals surface area contributed by atoms with Gasteiger partial charge in [0, 0.05) is 13.0 Å². The summed E-state index contributed by atoms with van der Waals surface area (Å²) in [6.07, 6.45) is 3.71. The normalized spacial score (nSPS) is 9.73. The smallest absolute Gasteiger partial charge is 0.221 e. The van der Waals surface area contributed by atoms with Gasteiger partial charge in [0.05, 0.1) is 18.5 Å². The molecule has 4 nitrogen and oxygen atoms in total. The fourth-order valence-electron chi connectivity index (χ4n) is 1.06. The van der Waals surface area contributed by atoms with E-state index < -0.39 is 0 Å². The number of amides is 1. The molecule has 0 bridgehead atoms. The van der Waals surface area contributed by atoms with Gasteiger partial charge in [0.2, 0.25) is 11.8 Å². The van der Waals surface area contributed by atoms with Crippen molar-refractivity contribution in [2.75, 3.05) is 11.9 Å². The highest BCUT2D eigenvalue weighted by atomic mass is 16.5. The quantitative estimate of drug-likeness (QED) is 0.755. The number of pyridine rings is 1. The highest BCUT2D eigenvalue weighted by Gasteiger charge is 1.97. The minimum absolute atomic E-state index is 0.101. The topological polar surface area (TPSA) is 51.2 Å². The molecule has 0 aliphatic carbocycles. The molecule has 0 saturated heterocycles. The SMILES string of the molecule is CCCCOc1ccc(NC(C)=O)cn1. The lowest BCUT2D eigenvalue weighted by atomic mass is 10.3. The Bertz CT molecular complexity index is 309. The number of nitrogens with zero attached hydrogens (tertiary/aromatic N) is 1. The van der Waals surface area contributed by atoms with Gasteiger partial charge in [-0.3, -0.25) is 4.79 Å². The van der Waals surface area contributed by atoms with Gasteiger partial charge in [0.15, 0.2) is 0 Å². The predicted octanol–water partition coefficient (Wildman–Crippen LogP) is 2.22. The van der Waals surface area contributed by atoms with Gasteiger partial charge in [-0.05, 0) is 12.5 Å². The summed E-state index contributed by atoms with van der Waals surface area (Å²) in [5, 5.41) is 2.64. The van der Waals surface area contributed by atoms with E-state index in [-0.39, 0.29) is 5.91 Å². The summed E-state index contributed by atoms with van der Waals surface area (Å²) >= 11 is 0. The number of carbonyl (C=O) groups is 1. The molecule has 0 aliphatic rings. The van der Waals surface area contributed by atoms with Crippen molar-refractivity contribution in [3.63, 3.8) is 0 Å². The van der Waals surface area contributed by atoms with Crippen LogP contribution in [0, 0.1) is 0 Å². The van der Waals surface area contributed by atoms with Gasteiger partial charge >= 0.3 is 0 Å². The molecule has 0 spiro atoms. The van der Waals surface area contributed by atoms with Gasteiger partial charge < -0.3 is 10.1 Å². The van der Waals surface area contributed by atoms with E-state index in [0.717, 1.165) is 12.8 Å². The maximum atomic E-state index is 10.7. The molecule has 15 heavy (non-hydrogen) atoms. The Morgan fingerprint density at radius 2 is 2.33 bits per heavy atom. The average molecular weight is 208 g/mol. The molecule has 0 fully saturated rings. The summed E-state index contributed by atoms with van der Waals surface area (Å²) in [5.41, 5.74) is 0.686. The second-order valence-electron chi connectivity index (χ2n) is 3.27. The molecule has 0 radical (unpaired) electrons. The molecule has 1 aromatic rings. The molecule has 0 aliphatic heterocycles. The van der Waals surface area contributed by atoms with Crippen molar-refractivity contribution in [3.8, 4) is 5.88 Å². The first-order chi connectivity index (χ1) is 7.22. The summed E-state index contributed by atoms with van der Waals surface area (Å²) < 4.78 is 5.38. The average Bonchev–Trinajstić information content (AvgIpc) is 2.20. The molecular weight excluding hydrogens is 192 g/mol. The zero-order valence-electron chi connectivity index (χ0n) is 9.12. The molecule has 0 saturated carbocycles. The van der Waals surface area contributed by atoms with Crippen molar-refractivity contribution in [3.05, 3.63) is 18.3 Å². The first-order valence-electron chi connectivity index (χ1n) is 5.09. The molecule has 1 amide bonds. The summed E-state index contributed by atoms with van der Waals surface area (Å²) in [4.78, 5) is 14.8. The highest BCUT2D eigenvalue weighted by Crippen LogP contribution is 2.11. The van der Waals surface area contributed by atoms with Gasteiger partial charge in [0.25, 0.3) is 0 Å². The molecule has 0 atom stereocenters. The molecule has 4 heteroatoms. The summed E-state index contributed by atoms with van der Waals surface area (Å²) in [6.45, 7) is 4.26. The van der Waals surface area contributed by atoms with Gasteiger partial charge in [-0.2, -0.15) is 0 Å². The van der Waals surface area contributed by atoms with E-state index in [4.69, 9.17) is 4.74 Å². The third kappa shape index (κ3) is 4.44. The number of hydrogen-bond donors (Lipinski definition) is 1. The molecule has 0 unspecified atom stereocenters. The van der Waals surface area contributed by atoms with Crippen molar-refractivity contribution in [2.45, 2.75) is 26.7 Å². The predicted molar refractivity (Wildman–Crippen MR) is 58.9 cm³/mol. The largest absolute Gasteiger partial charge is 0.478 e. The molecule has 82 valence electrons. The van der Waals surface area contributed by atoms with Gasteiger partial charge in [-0.15, -0.1) is 0 Å². The second-order valence-corrected chi connectivity index (χ2v) is 3.27. The van der Waals surface area contributed by atoms with Crippen LogP contribution in [-0.2, 0) is 4.79 Å². The number of anilines is 1. The van der Waals surface area contributed by atoms with Crippen LogP contribution >= 0.6 is 0 Å².